The molecule has 0 aromatic carbocycles. The van der Waals surface area contributed by atoms with E-state index in [2.05, 4.69) is 15.4 Å². The number of H-pyrrole nitrogens is 1. The van der Waals surface area contributed by atoms with Gasteiger partial charge in [-0.05, 0) is 6.92 Å². The molecule has 9 heavy (non-hydrogen) atoms. The van der Waals surface area contributed by atoms with Crippen molar-refractivity contribution in [2.75, 3.05) is 5.75 Å². The first-order chi connectivity index (χ1) is 4.34. The summed E-state index contributed by atoms with van der Waals surface area (Å²) in [5, 5.41) is 10.0. The molecule has 0 fully saturated rings. The lowest BCUT2D eigenvalue weighted by Crippen LogP contribution is -2.03. The van der Waals surface area contributed by atoms with Crippen LogP contribution >= 0.6 is 0 Å². The third kappa shape index (κ3) is 1.43. The summed E-state index contributed by atoms with van der Waals surface area (Å²) in [6.07, 6.45) is 1.54. The van der Waals surface area contributed by atoms with Gasteiger partial charge in [-0.1, -0.05) is 10.3 Å². The Balaban J connectivity index is 2.65. The highest BCUT2D eigenvalue weighted by Crippen LogP contribution is 2.02. The van der Waals surface area contributed by atoms with E-state index < -0.39 is 11.2 Å². The molecule has 1 aromatic heterocycles. The Bertz CT molecular complexity index is 164. The first-order valence-corrected chi connectivity index (χ1v) is 3.91. The molecule has 5 heteroatoms. The third-order valence-electron chi connectivity index (χ3n) is 0.890. The molecule has 1 heterocycles. The minimum atomic E-state index is -0.964. The molecule has 0 amide bonds. The van der Waals surface area contributed by atoms with Crippen molar-refractivity contribution in [2.45, 2.75) is 11.9 Å². The highest BCUT2D eigenvalue weighted by atomic mass is 32.2. The van der Waals surface area contributed by atoms with E-state index in [1.54, 1.807) is 6.20 Å². The third-order valence-corrected chi connectivity index (χ3v) is 2.08. The first-order valence-electron chi connectivity index (χ1n) is 2.59. The number of aromatic nitrogens is 3. The van der Waals surface area contributed by atoms with Crippen LogP contribution in [0.25, 0.3) is 0 Å². The number of nitrogens with one attached hydrogen (secondary N) is 1. The van der Waals surface area contributed by atoms with Gasteiger partial charge in [0.15, 0.2) is 0 Å². The predicted octanol–water partition coefficient (Wildman–Crippen LogP) is -0.0678. The van der Waals surface area contributed by atoms with Crippen LogP contribution in [0.5, 0.6) is 0 Å². The van der Waals surface area contributed by atoms with Crippen molar-refractivity contribution in [1.29, 1.82) is 0 Å². The summed E-state index contributed by atoms with van der Waals surface area (Å²) in [7, 11) is 0. The normalized spacial score (nSPS) is 13.6. The summed E-state index contributed by atoms with van der Waals surface area (Å²) in [6, 6.07) is 0. The molecule has 0 saturated heterocycles. The average molecular weight is 145 g/mol. The largest absolute Gasteiger partial charge is 0.610 e. The smallest absolute Gasteiger partial charge is 0.282 e. The van der Waals surface area contributed by atoms with Gasteiger partial charge in [-0.2, -0.15) is 0 Å². The fourth-order valence-electron chi connectivity index (χ4n) is 0.450. The molecular formula is C4H7N3OS. The summed E-state index contributed by atoms with van der Waals surface area (Å²) in [4.78, 5) is 0. The lowest BCUT2D eigenvalue weighted by Gasteiger charge is -2.00. The van der Waals surface area contributed by atoms with Gasteiger partial charge < -0.3 is 4.55 Å². The molecule has 1 aromatic rings. The summed E-state index contributed by atoms with van der Waals surface area (Å²) in [6.45, 7) is 1.84. The van der Waals surface area contributed by atoms with E-state index in [0.29, 0.717) is 10.8 Å². The van der Waals surface area contributed by atoms with E-state index in [4.69, 9.17) is 0 Å². The van der Waals surface area contributed by atoms with E-state index in [-0.39, 0.29) is 0 Å². The Morgan fingerprint density at radius 3 is 3.11 bits per heavy atom. The molecular weight excluding hydrogens is 138 g/mol. The number of nitrogens with zero attached hydrogens (tertiary/aromatic N) is 2. The van der Waals surface area contributed by atoms with Crippen LogP contribution in [0.15, 0.2) is 11.2 Å². The van der Waals surface area contributed by atoms with Crippen molar-refractivity contribution in [1.82, 2.24) is 15.4 Å². The van der Waals surface area contributed by atoms with Crippen LogP contribution in [-0.2, 0) is 11.2 Å². The standard InChI is InChI=1S/C4H7N3OS/c1-2-9(8)4-3-5-7-6-4/h3H,2H2,1H3,(H,5,6,7). The molecule has 50 valence electrons. The molecule has 0 spiro atoms. The van der Waals surface area contributed by atoms with Gasteiger partial charge in [0.2, 0.25) is 0 Å². The maximum absolute atomic E-state index is 10.9. The molecule has 0 aliphatic rings. The Labute approximate surface area is 55.8 Å². The van der Waals surface area contributed by atoms with Crippen molar-refractivity contribution in [3.05, 3.63) is 6.20 Å². The second-order valence-electron chi connectivity index (χ2n) is 1.45. The second kappa shape index (κ2) is 2.84. The van der Waals surface area contributed by atoms with Crippen LogP contribution in [0.1, 0.15) is 6.92 Å². The Morgan fingerprint density at radius 1 is 1.89 bits per heavy atom. The number of hydrogen-bond acceptors (Lipinski definition) is 3. The zero-order valence-corrected chi connectivity index (χ0v) is 5.81. The SMILES string of the molecule is CC[S+]([O-])c1c[nH]nn1. The highest BCUT2D eigenvalue weighted by Gasteiger charge is 2.09. The minimum Gasteiger partial charge on any atom is -0.610 e. The highest BCUT2D eigenvalue weighted by molar-refractivity contribution is 7.91. The Hall–Kier alpha value is -0.550. The van der Waals surface area contributed by atoms with E-state index in [9.17, 15) is 4.55 Å². The summed E-state index contributed by atoms with van der Waals surface area (Å²) in [5.74, 6) is 0.590. The van der Waals surface area contributed by atoms with Crippen LogP contribution in [0.4, 0.5) is 0 Å². The van der Waals surface area contributed by atoms with Gasteiger partial charge in [-0.25, -0.2) is 0 Å². The quantitative estimate of drug-likeness (QED) is 0.592. The Morgan fingerprint density at radius 2 is 2.67 bits per heavy atom. The van der Waals surface area contributed by atoms with Crippen LogP contribution in [0.3, 0.4) is 0 Å². The molecule has 4 nitrogen and oxygen atoms in total. The lowest BCUT2D eigenvalue weighted by atomic mass is 10.9. The van der Waals surface area contributed by atoms with Gasteiger partial charge in [0.1, 0.15) is 5.75 Å². The zero-order valence-electron chi connectivity index (χ0n) is 5.00. The molecule has 0 radical (unpaired) electrons. The van der Waals surface area contributed by atoms with Gasteiger partial charge in [-0.15, -0.1) is 0 Å². The number of aromatic amines is 1. The van der Waals surface area contributed by atoms with Crippen molar-refractivity contribution in [3.63, 3.8) is 0 Å². The lowest BCUT2D eigenvalue weighted by molar-refractivity contribution is 0.592. The summed E-state index contributed by atoms with van der Waals surface area (Å²) < 4.78 is 10.9. The maximum atomic E-state index is 10.9. The van der Waals surface area contributed by atoms with Crippen molar-refractivity contribution in [2.24, 2.45) is 0 Å². The number of rotatable bonds is 2. The molecule has 0 aliphatic heterocycles. The second-order valence-corrected chi connectivity index (χ2v) is 3.13. The van der Waals surface area contributed by atoms with E-state index in [0.717, 1.165) is 0 Å². The molecule has 1 unspecified atom stereocenters. The Kier molecular flexibility index (Phi) is 2.07. The van der Waals surface area contributed by atoms with Crippen LogP contribution in [0.2, 0.25) is 0 Å². The monoisotopic (exact) mass is 145 g/mol. The van der Waals surface area contributed by atoms with Crippen molar-refractivity contribution >= 4 is 11.2 Å². The van der Waals surface area contributed by atoms with Crippen molar-refractivity contribution in [3.8, 4) is 0 Å². The molecule has 0 bridgehead atoms. The van der Waals surface area contributed by atoms with Crippen LogP contribution in [0, 0.1) is 0 Å². The number of hydrogen-bond donors (Lipinski definition) is 1. The van der Waals surface area contributed by atoms with Gasteiger partial charge in [-0.3, -0.25) is 5.10 Å². The molecule has 0 aliphatic carbocycles. The fraction of sp³-hybridized carbons (Fsp3) is 0.500. The molecule has 1 N–H and O–H groups in total. The summed E-state index contributed by atoms with van der Waals surface area (Å²) >= 11 is -0.964. The van der Waals surface area contributed by atoms with E-state index in [1.807, 2.05) is 6.92 Å². The average Bonchev–Trinajstić information content (AvgIpc) is 2.37. The van der Waals surface area contributed by atoms with Gasteiger partial charge in [0, 0.05) is 11.2 Å². The summed E-state index contributed by atoms with van der Waals surface area (Å²) in [5.41, 5.74) is 0. The van der Waals surface area contributed by atoms with Crippen molar-refractivity contribution < 1.29 is 4.55 Å². The molecule has 1 rings (SSSR count). The molecule has 1 atom stereocenters. The maximum Gasteiger partial charge on any atom is 0.282 e. The predicted molar refractivity (Wildman–Crippen MR) is 33.3 cm³/mol. The molecule has 0 saturated carbocycles. The zero-order chi connectivity index (χ0) is 6.69. The topological polar surface area (TPSA) is 64.6 Å². The van der Waals surface area contributed by atoms with Gasteiger partial charge >= 0.3 is 0 Å². The fourth-order valence-corrected chi connectivity index (χ4v) is 1.06. The van der Waals surface area contributed by atoms with Gasteiger partial charge in [0.25, 0.3) is 5.03 Å². The van der Waals surface area contributed by atoms with Crippen LogP contribution < -0.4 is 0 Å². The van der Waals surface area contributed by atoms with Gasteiger partial charge in [0.05, 0.1) is 6.20 Å². The van der Waals surface area contributed by atoms with E-state index in [1.165, 1.54) is 0 Å². The first kappa shape index (κ1) is 6.57. The minimum absolute atomic E-state index is 0.525. The van der Waals surface area contributed by atoms with E-state index >= 15 is 0 Å². The van der Waals surface area contributed by atoms with Crippen LogP contribution in [-0.4, -0.2) is 25.7 Å².